The van der Waals surface area contributed by atoms with Crippen molar-refractivity contribution in [2.45, 2.75) is 37.6 Å². The van der Waals surface area contributed by atoms with Crippen molar-refractivity contribution in [2.75, 3.05) is 36.5 Å². The summed E-state index contributed by atoms with van der Waals surface area (Å²) in [5.41, 5.74) is 6.19. The molecule has 0 bridgehead atoms. The van der Waals surface area contributed by atoms with E-state index in [1.54, 1.807) is 6.07 Å². The minimum atomic E-state index is -0.650. The van der Waals surface area contributed by atoms with Crippen molar-refractivity contribution in [1.82, 2.24) is 4.90 Å². The predicted molar refractivity (Wildman–Crippen MR) is 105 cm³/mol. The fourth-order valence-electron chi connectivity index (χ4n) is 4.12. The molecule has 1 aromatic carbocycles. The van der Waals surface area contributed by atoms with Crippen molar-refractivity contribution < 1.29 is 9.72 Å². The smallest absolute Gasteiger partial charge is 0.270 e. The molecule has 2 fully saturated rings. The summed E-state index contributed by atoms with van der Waals surface area (Å²) in [6, 6.07) is 4.27. The van der Waals surface area contributed by atoms with Crippen molar-refractivity contribution in [1.29, 1.82) is 0 Å². The normalized spacial score (nSPS) is 20.5. The Kier molecular flexibility index (Phi) is 6.03. The number of anilines is 1. The molecule has 0 aromatic heterocycles. The van der Waals surface area contributed by atoms with Gasteiger partial charge < -0.3 is 11.1 Å². The van der Waals surface area contributed by atoms with Gasteiger partial charge in [0.1, 0.15) is 0 Å². The summed E-state index contributed by atoms with van der Waals surface area (Å²) < 4.78 is 0. The molecule has 7 nitrogen and oxygen atoms in total. The van der Waals surface area contributed by atoms with Crippen LogP contribution in [0.5, 0.6) is 0 Å². The first-order chi connectivity index (χ1) is 12.5. The highest BCUT2D eigenvalue weighted by Gasteiger charge is 2.38. The van der Waals surface area contributed by atoms with Crippen LogP contribution in [0.3, 0.4) is 0 Å². The van der Waals surface area contributed by atoms with Gasteiger partial charge >= 0.3 is 0 Å². The number of nitrogens with one attached hydrogen (secondary N) is 1. The van der Waals surface area contributed by atoms with E-state index in [2.05, 4.69) is 10.2 Å². The molecule has 1 saturated carbocycles. The molecule has 1 heterocycles. The second-order valence-corrected chi connectivity index (χ2v) is 8.31. The molecule has 1 aromatic rings. The lowest BCUT2D eigenvalue weighted by molar-refractivity contribution is -0.384. The summed E-state index contributed by atoms with van der Waals surface area (Å²) in [6.45, 7) is 2.92. The zero-order chi connectivity index (χ0) is 18.6. The molecular formula is C18H26N4O3S. The molecule has 2 aliphatic rings. The maximum Gasteiger partial charge on any atom is 0.270 e. The Morgan fingerprint density at radius 3 is 2.58 bits per heavy atom. The highest BCUT2D eigenvalue weighted by atomic mass is 32.2. The standard InChI is InChI=1S/C18H26N4O3S/c19-17(23)15-12-14(22(24)25)4-5-16(15)20-13-18(6-2-1-3-7-18)21-8-10-26-11-9-21/h4-5,12,20H,1-3,6-11,13H2,(H2,19,23). The van der Waals surface area contributed by atoms with Crippen LogP contribution in [0.4, 0.5) is 11.4 Å². The number of nitrogens with zero attached hydrogens (tertiary/aromatic N) is 2. The second-order valence-electron chi connectivity index (χ2n) is 7.09. The quantitative estimate of drug-likeness (QED) is 0.583. The third-order valence-electron chi connectivity index (χ3n) is 5.55. The van der Waals surface area contributed by atoms with Crippen LogP contribution in [0.1, 0.15) is 42.5 Å². The topological polar surface area (TPSA) is 102 Å². The summed E-state index contributed by atoms with van der Waals surface area (Å²) in [5, 5.41) is 14.4. The van der Waals surface area contributed by atoms with Gasteiger partial charge in [-0.15, -0.1) is 0 Å². The molecule has 0 radical (unpaired) electrons. The molecule has 8 heteroatoms. The van der Waals surface area contributed by atoms with Crippen LogP contribution in [0.2, 0.25) is 0 Å². The van der Waals surface area contributed by atoms with Crippen molar-refractivity contribution >= 4 is 29.0 Å². The van der Waals surface area contributed by atoms with Crippen molar-refractivity contribution in [3.05, 3.63) is 33.9 Å². The Balaban J connectivity index is 1.80. The second kappa shape index (κ2) is 8.26. The highest BCUT2D eigenvalue weighted by Crippen LogP contribution is 2.36. The SMILES string of the molecule is NC(=O)c1cc([N+](=O)[O-])ccc1NCC1(N2CCSCC2)CCCCC1. The number of rotatable bonds is 6. The zero-order valence-corrected chi connectivity index (χ0v) is 15.7. The van der Waals surface area contributed by atoms with Gasteiger partial charge in [-0.3, -0.25) is 19.8 Å². The number of amides is 1. The van der Waals surface area contributed by atoms with E-state index in [9.17, 15) is 14.9 Å². The number of thioether (sulfide) groups is 1. The van der Waals surface area contributed by atoms with E-state index in [4.69, 9.17) is 5.73 Å². The summed E-state index contributed by atoms with van der Waals surface area (Å²) >= 11 is 2.00. The Morgan fingerprint density at radius 1 is 1.27 bits per heavy atom. The summed E-state index contributed by atoms with van der Waals surface area (Å²) in [4.78, 5) is 24.8. The predicted octanol–water partition coefficient (Wildman–Crippen LogP) is 2.86. The van der Waals surface area contributed by atoms with Gasteiger partial charge in [-0.25, -0.2) is 0 Å². The van der Waals surface area contributed by atoms with E-state index in [1.807, 2.05) is 11.8 Å². The van der Waals surface area contributed by atoms with E-state index < -0.39 is 10.8 Å². The number of nitro groups is 1. The number of non-ortho nitro benzene ring substituents is 1. The number of benzene rings is 1. The van der Waals surface area contributed by atoms with E-state index in [0.29, 0.717) is 5.69 Å². The minimum absolute atomic E-state index is 0.0932. The lowest BCUT2D eigenvalue weighted by Crippen LogP contribution is -2.57. The maximum absolute atomic E-state index is 11.8. The Morgan fingerprint density at radius 2 is 1.96 bits per heavy atom. The average Bonchev–Trinajstić information content (AvgIpc) is 2.67. The first kappa shape index (κ1) is 19.0. The molecule has 1 aliphatic carbocycles. The van der Waals surface area contributed by atoms with Crippen LogP contribution in [-0.4, -0.2) is 52.4 Å². The minimum Gasteiger partial charge on any atom is -0.383 e. The lowest BCUT2D eigenvalue weighted by Gasteiger charge is -2.48. The number of primary amides is 1. The van der Waals surface area contributed by atoms with Crippen LogP contribution in [0, 0.1) is 10.1 Å². The number of nitro benzene ring substituents is 1. The van der Waals surface area contributed by atoms with E-state index in [1.165, 1.54) is 31.4 Å². The van der Waals surface area contributed by atoms with Gasteiger partial charge in [0, 0.05) is 54.5 Å². The van der Waals surface area contributed by atoms with Gasteiger partial charge in [-0.2, -0.15) is 11.8 Å². The first-order valence-corrected chi connectivity index (χ1v) is 10.3. The molecule has 1 aliphatic heterocycles. The van der Waals surface area contributed by atoms with Gasteiger partial charge in [-0.1, -0.05) is 19.3 Å². The van der Waals surface area contributed by atoms with Crippen molar-refractivity contribution in [3.63, 3.8) is 0 Å². The monoisotopic (exact) mass is 378 g/mol. The van der Waals surface area contributed by atoms with Crippen LogP contribution < -0.4 is 11.1 Å². The fourth-order valence-corrected chi connectivity index (χ4v) is 5.02. The molecule has 0 unspecified atom stereocenters. The highest BCUT2D eigenvalue weighted by molar-refractivity contribution is 7.99. The molecular weight excluding hydrogens is 352 g/mol. The van der Waals surface area contributed by atoms with E-state index >= 15 is 0 Å². The van der Waals surface area contributed by atoms with Crippen LogP contribution in [-0.2, 0) is 0 Å². The summed E-state index contributed by atoms with van der Waals surface area (Å²) in [5.74, 6) is 1.67. The number of hydrogen-bond donors (Lipinski definition) is 2. The fraction of sp³-hybridized carbons (Fsp3) is 0.611. The summed E-state index contributed by atoms with van der Waals surface area (Å²) in [6.07, 6.45) is 5.99. The molecule has 1 amide bonds. The van der Waals surface area contributed by atoms with E-state index in [0.717, 1.165) is 44.0 Å². The number of carbonyl (C=O) groups is 1. The van der Waals surface area contributed by atoms with Crippen LogP contribution in [0.15, 0.2) is 18.2 Å². The summed E-state index contributed by atoms with van der Waals surface area (Å²) in [7, 11) is 0. The van der Waals surface area contributed by atoms with Crippen LogP contribution in [0.25, 0.3) is 0 Å². The Bertz CT molecular complexity index is 670. The van der Waals surface area contributed by atoms with Crippen LogP contribution >= 0.6 is 11.8 Å². The third kappa shape index (κ3) is 4.12. The largest absolute Gasteiger partial charge is 0.383 e. The van der Waals surface area contributed by atoms with Crippen molar-refractivity contribution in [3.8, 4) is 0 Å². The molecule has 26 heavy (non-hydrogen) atoms. The molecule has 3 N–H and O–H groups in total. The van der Waals surface area contributed by atoms with Gasteiger partial charge in [0.15, 0.2) is 0 Å². The first-order valence-electron chi connectivity index (χ1n) is 9.17. The number of carbonyl (C=O) groups excluding carboxylic acids is 1. The van der Waals surface area contributed by atoms with E-state index in [-0.39, 0.29) is 16.8 Å². The maximum atomic E-state index is 11.8. The Hall–Kier alpha value is -1.80. The molecule has 0 spiro atoms. The molecule has 142 valence electrons. The molecule has 1 saturated heterocycles. The van der Waals surface area contributed by atoms with Gasteiger partial charge in [0.05, 0.1) is 10.5 Å². The average molecular weight is 378 g/mol. The number of nitrogens with two attached hydrogens (primary N) is 1. The van der Waals surface area contributed by atoms with Gasteiger partial charge in [0.25, 0.3) is 11.6 Å². The van der Waals surface area contributed by atoms with Gasteiger partial charge in [-0.05, 0) is 18.9 Å². The molecule has 3 rings (SSSR count). The zero-order valence-electron chi connectivity index (χ0n) is 14.9. The third-order valence-corrected chi connectivity index (χ3v) is 6.50. The molecule has 0 atom stereocenters. The van der Waals surface area contributed by atoms with Gasteiger partial charge in [0.2, 0.25) is 0 Å². The van der Waals surface area contributed by atoms with Crippen molar-refractivity contribution in [2.24, 2.45) is 5.73 Å². The lowest BCUT2D eigenvalue weighted by atomic mass is 9.80. The Labute approximate surface area is 157 Å². The number of hydrogen-bond acceptors (Lipinski definition) is 6.